The molecule has 0 aliphatic heterocycles. The van der Waals surface area contributed by atoms with Crippen molar-refractivity contribution in [2.24, 2.45) is 0 Å². The highest BCUT2D eigenvalue weighted by molar-refractivity contribution is 5.03. The van der Waals surface area contributed by atoms with E-state index in [1.165, 1.54) is 25.7 Å². The van der Waals surface area contributed by atoms with Crippen LogP contribution in [0.15, 0.2) is 12.7 Å². The normalized spacial score (nSPS) is 22.4. The van der Waals surface area contributed by atoms with Gasteiger partial charge in [-0.1, -0.05) is 38.7 Å². The van der Waals surface area contributed by atoms with E-state index in [-0.39, 0.29) is 5.60 Å². The lowest BCUT2D eigenvalue weighted by molar-refractivity contribution is -0.0406. The lowest BCUT2D eigenvalue weighted by Crippen LogP contribution is -2.51. The smallest absolute Gasteiger partial charge is 0.0866 e. The van der Waals surface area contributed by atoms with Crippen molar-refractivity contribution >= 4 is 0 Å². The standard InChI is InChI=1S/C14H27NO/c1-4-12-15-13(5-2)14(16-3)10-8-6-7-9-11-14/h5,13,15H,2,4,6-12H2,1,3H3. The van der Waals surface area contributed by atoms with E-state index in [2.05, 4.69) is 18.8 Å². The van der Waals surface area contributed by atoms with Gasteiger partial charge >= 0.3 is 0 Å². The second-order valence-electron chi connectivity index (χ2n) is 4.85. The van der Waals surface area contributed by atoms with Crippen LogP contribution in [0.25, 0.3) is 0 Å². The Morgan fingerprint density at radius 1 is 1.31 bits per heavy atom. The summed E-state index contributed by atoms with van der Waals surface area (Å²) in [6.07, 6.45) is 10.8. The molecule has 0 heterocycles. The number of methoxy groups -OCH3 is 1. The number of nitrogens with one attached hydrogen (secondary N) is 1. The molecule has 1 N–H and O–H groups in total. The van der Waals surface area contributed by atoms with Gasteiger partial charge in [-0.05, 0) is 25.8 Å². The Hall–Kier alpha value is -0.340. The van der Waals surface area contributed by atoms with Crippen LogP contribution in [0.3, 0.4) is 0 Å². The molecule has 1 unspecified atom stereocenters. The van der Waals surface area contributed by atoms with Crippen LogP contribution in [0.1, 0.15) is 51.9 Å². The fourth-order valence-electron chi connectivity index (χ4n) is 2.75. The van der Waals surface area contributed by atoms with Gasteiger partial charge in [0, 0.05) is 7.11 Å². The molecule has 0 aromatic heterocycles. The Morgan fingerprint density at radius 3 is 2.38 bits per heavy atom. The molecule has 2 heteroatoms. The fourth-order valence-corrected chi connectivity index (χ4v) is 2.75. The molecule has 0 bridgehead atoms. The average molecular weight is 225 g/mol. The summed E-state index contributed by atoms with van der Waals surface area (Å²) in [5.74, 6) is 0. The van der Waals surface area contributed by atoms with Crippen LogP contribution in [0, 0.1) is 0 Å². The maximum atomic E-state index is 5.88. The molecule has 0 amide bonds. The SMILES string of the molecule is C=CC(NCCC)C1(OC)CCCCCC1. The van der Waals surface area contributed by atoms with E-state index >= 15 is 0 Å². The summed E-state index contributed by atoms with van der Waals surface area (Å²) in [7, 11) is 1.86. The maximum Gasteiger partial charge on any atom is 0.0866 e. The molecule has 0 aromatic carbocycles. The molecule has 16 heavy (non-hydrogen) atoms. The van der Waals surface area contributed by atoms with Gasteiger partial charge in [0.25, 0.3) is 0 Å². The molecule has 1 saturated carbocycles. The first-order valence-electron chi connectivity index (χ1n) is 6.70. The number of hydrogen-bond acceptors (Lipinski definition) is 2. The summed E-state index contributed by atoms with van der Waals surface area (Å²) >= 11 is 0. The predicted molar refractivity (Wildman–Crippen MR) is 69.7 cm³/mol. The lowest BCUT2D eigenvalue weighted by Gasteiger charge is -2.38. The largest absolute Gasteiger partial charge is 0.376 e. The first-order chi connectivity index (χ1) is 7.79. The molecular formula is C14H27NO. The number of ether oxygens (including phenoxy) is 1. The van der Waals surface area contributed by atoms with Gasteiger partial charge < -0.3 is 10.1 Å². The summed E-state index contributed by atoms with van der Waals surface area (Å²) in [5, 5.41) is 3.57. The topological polar surface area (TPSA) is 21.3 Å². The van der Waals surface area contributed by atoms with Crippen LogP contribution < -0.4 is 5.32 Å². The van der Waals surface area contributed by atoms with Crippen molar-refractivity contribution in [1.82, 2.24) is 5.32 Å². The summed E-state index contributed by atoms with van der Waals surface area (Å²) in [5.41, 5.74) is -0.00653. The van der Waals surface area contributed by atoms with Gasteiger partial charge in [0.1, 0.15) is 0 Å². The van der Waals surface area contributed by atoms with Crippen LogP contribution in [0.5, 0.6) is 0 Å². The highest BCUT2D eigenvalue weighted by atomic mass is 16.5. The zero-order valence-electron chi connectivity index (χ0n) is 10.9. The van der Waals surface area contributed by atoms with E-state index in [4.69, 9.17) is 4.74 Å². The fraction of sp³-hybridized carbons (Fsp3) is 0.857. The predicted octanol–water partition coefficient (Wildman–Crippen LogP) is 3.28. The van der Waals surface area contributed by atoms with Gasteiger partial charge in [0.15, 0.2) is 0 Å². The van der Waals surface area contributed by atoms with Gasteiger partial charge in [-0.2, -0.15) is 0 Å². The van der Waals surface area contributed by atoms with Gasteiger partial charge in [-0.25, -0.2) is 0 Å². The minimum atomic E-state index is -0.00653. The molecular weight excluding hydrogens is 198 g/mol. The van der Waals surface area contributed by atoms with E-state index in [1.807, 2.05) is 13.2 Å². The van der Waals surface area contributed by atoms with Crippen LogP contribution in [-0.4, -0.2) is 25.3 Å². The average Bonchev–Trinajstić information content (AvgIpc) is 2.56. The van der Waals surface area contributed by atoms with Crippen LogP contribution in [0.2, 0.25) is 0 Å². The van der Waals surface area contributed by atoms with Crippen LogP contribution in [0.4, 0.5) is 0 Å². The number of hydrogen-bond donors (Lipinski definition) is 1. The van der Waals surface area contributed by atoms with E-state index in [1.54, 1.807) is 0 Å². The monoisotopic (exact) mass is 225 g/mol. The van der Waals surface area contributed by atoms with Gasteiger partial charge in [-0.3, -0.25) is 0 Å². The van der Waals surface area contributed by atoms with Crippen molar-refractivity contribution in [3.63, 3.8) is 0 Å². The Labute approximate surface area is 100 Å². The second-order valence-corrected chi connectivity index (χ2v) is 4.85. The summed E-state index contributed by atoms with van der Waals surface area (Å²) in [6.45, 7) is 7.21. The van der Waals surface area contributed by atoms with E-state index < -0.39 is 0 Å². The Morgan fingerprint density at radius 2 is 1.94 bits per heavy atom. The van der Waals surface area contributed by atoms with Crippen molar-refractivity contribution in [2.45, 2.75) is 63.5 Å². The van der Waals surface area contributed by atoms with Gasteiger partial charge in [0.2, 0.25) is 0 Å². The first kappa shape index (κ1) is 13.7. The van der Waals surface area contributed by atoms with Gasteiger partial charge in [0.05, 0.1) is 11.6 Å². The minimum Gasteiger partial charge on any atom is -0.376 e. The van der Waals surface area contributed by atoms with Crippen molar-refractivity contribution in [3.8, 4) is 0 Å². The number of rotatable bonds is 6. The molecule has 1 aliphatic carbocycles. The maximum absolute atomic E-state index is 5.88. The van der Waals surface area contributed by atoms with Crippen molar-refractivity contribution in [2.75, 3.05) is 13.7 Å². The molecule has 0 aromatic rings. The third-order valence-electron chi connectivity index (χ3n) is 3.77. The molecule has 1 fully saturated rings. The zero-order chi connectivity index (χ0) is 11.9. The highest BCUT2D eigenvalue weighted by Gasteiger charge is 2.37. The minimum absolute atomic E-state index is 0.00653. The molecule has 1 atom stereocenters. The van der Waals surface area contributed by atoms with Crippen molar-refractivity contribution in [1.29, 1.82) is 0 Å². The summed E-state index contributed by atoms with van der Waals surface area (Å²) in [6, 6.07) is 0.301. The Bertz CT molecular complexity index is 195. The molecule has 2 nitrogen and oxygen atoms in total. The molecule has 1 aliphatic rings. The zero-order valence-corrected chi connectivity index (χ0v) is 10.9. The Balaban J connectivity index is 2.68. The lowest BCUT2D eigenvalue weighted by atomic mass is 9.86. The third kappa shape index (κ3) is 3.33. The molecule has 0 saturated heterocycles. The molecule has 0 spiro atoms. The van der Waals surface area contributed by atoms with Crippen LogP contribution in [-0.2, 0) is 4.74 Å². The molecule has 94 valence electrons. The van der Waals surface area contributed by atoms with Crippen molar-refractivity contribution in [3.05, 3.63) is 12.7 Å². The van der Waals surface area contributed by atoms with Gasteiger partial charge in [-0.15, -0.1) is 6.58 Å². The summed E-state index contributed by atoms with van der Waals surface area (Å²) < 4.78 is 5.88. The van der Waals surface area contributed by atoms with E-state index in [0.29, 0.717) is 6.04 Å². The van der Waals surface area contributed by atoms with Crippen molar-refractivity contribution < 1.29 is 4.74 Å². The summed E-state index contributed by atoms with van der Waals surface area (Å²) in [4.78, 5) is 0. The molecule has 1 rings (SSSR count). The second kappa shape index (κ2) is 7.08. The first-order valence-corrected chi connectivity index (χ1v) is 6.70. The quantitative estimate of drug-likeness (QED) is 0.553. The molecule has 0 radical (unpaired) electrons. The highest BCUT2D eigenvalue weighted by Crippen LogP contribution is 2.33. The van der Waals surface area contributed by atoms with Crippen LogP contribution >= 0.6 is 0 Å². The van der Waals surface area contributed by atoms with E-state index in [9.17, 15) is 0 Å². The Kier molecular flexibility index (Phi) is 6.07. The van der Waals surface area contributed by atoms with E-state index in [0.717, 1.165) is 25.8 Å². The third-order valence-corrected chi connectivity index (χ3v) is 3.77.